The van der Waals surface area contributed by atoms with E-state index in [1.165, 1.54) is 0 Å². The number of hydrogen-bond donors (Lipinski definition) is 2. The third kappa shape index (κ3) is 3.68. The summed E-state index contributed by atoms with van der Waals surface area (Å²) in [5.74, 6) is 0. The van der Waals surface area contributed by atoms with Crippen LogP contribution in [-0.4, -0.2) is 29.1 Å². The third-order valence-corrected chi connectivity index (χ3v) is 6.44. The highest BCUT2D eigenvalue weighted by atomic mass is 35.5. The zero-order chi connectivity index (χ0) is 19.0. The van der Waals surface area contributed by atoms with Crippen molar-refractivity contribution < 1.29 is 8.42 Å². The molecule has 0 spiro atoms. The van der Waals surface area contributed by atoms with Crippen LogP contribution in [0, 0.1) is 0 Å². The molecule has 0 saturated carbocycles. The van der Waals surface area contributed by atoms with Crippen LogP contribution in [0.5, 0.6) is 0 Å². The van der Waals surface area contributed by atoms with Gasteiger partial charge in [0.2, 0.25) is 0 Å². The molecule has 3 aromatic carbocycles. The molecule has 0 aliphatic carbocycles. The summed E-state index contributed by atoms with van der Waals surface area (Å²) < 4.78 is 29.3. The van der Waals surface area contributed by atoms with E-state index in [0.29, 0.717) is 10.6 Å². The molecular weight excluding hydrogens is 394 g/mol. The monoisotopic (exact) mass is 417 g/mol. The molecule has 5 nitrogen and oxygen atoms in total. The van der Waals surface area contributed by atoms with Gasteiger partial charge in [-0.25, -0.2) is 8.42 Å². The lowest BCUT2D eigenvalue weighted by Crippen LogP contribution is -2.25. The van der Waals surface area contributed by atoms with Crippen molar-refractivity contribution in [2.75, 3.05) is 30.3 Å². The molecule has 1 aliphatic rings. The Kier molecular flexibility index (Phi) is 5.84. The summed E-state index contributed by atoms with van der Waals surface area (Å²) in [5.41, 5.74) is 3.89. The van der Waals surface area contributed by atoms with E-state index in [9.17, 15) is 8.42 Å². The zero-order valence-electron chi connectivity index (χ0n) is 15.9. The van der Waals surface area contributed by atoms with Crippen LogP contribution in [0.25, 0.3) is 10.8 Å². The Morgan fingerprint density at radius 1 is 0.964 bits per heavy atom. The predicted molar refractivity (Wildman–Crippen MR) is 118 cm³/mol. The first kappa shape index (κ1) is 20.5. The number of nitrogens with one attached hydrogen (secondary N) is 2. The van der Waals surface area contributed by atoms with Crippen LogP contribution in [0.15, 0.2) is 59.5 Å². The van der Waals surface area contributed by atoms with Crippen molar-refractivity contribution in [3.05, 3.63) is 65.7 Å². The van der Waals surface area contributed by atoms with Gasteiger partial charge in [-0.3, -0.25) is 4.72 Å². The van der Waals surface area contributed by atoms with Crippen molar-refractivity contribution in [2.45, 2.75) is 17.9 Å². The average Bonchev–Trinajstić information content (AvgIpc) is 2.67. The number of anilines is 2. The number of rotatable bonds is 4. The summed E-state index contributed by atoms with van der Waals surface area (Å²) in [6, 6.07) is 17.0. The molecule has 28 heavy (non-hydrogen) atoms. The van der Waals surface area contributed by atoms with Crippen LogP contribution in [0.1, 0.15) is 11.1 Å². The Labute approximate surface area is 172 Å². The fourth-order valence-electron chi connectivity index (χ4n) is 3.72. The molecular formula is C21H24ClN3O2S. The summed E-state index contributed by atoms with van der Waals surface area (Å²) >= 11 is 0. The molecule has 2 N–H and O–H groups in total. The Morgan fingerprint density at radius 3 is 2.46 bits per heavy atom. The largest absolute Gasteiger partial charge is 0.377 e. The highest BCUT2D eigenvalue weighted by molar-refractivity contribution is 7.93. The fourth-order valence-corrected chi connectivity index (χ4v) is 5.03. The van der Waals surface area contributed by atoms with Crippen LogP contribution in [0.3, 0.4) is 0 Å². The minimum Gasteiger partial charge on any atom is -0.377 e. The van der Waals surface area contributed by atoms with Gasteiger partial charge < -0.3 is 10.2 Å². The summed E-state index contributed by atoms with van der Waals surface area (Å²) in [7, 11) is 0.209. The molecule has 0 bridgehead atoms. The van der Waals surface area contributed by atoms with Crippen molar-refractivity contribution >= 4 is 44.6 Å². The molecule has 1 aliphatic heterocycles. The van der Waals surface area contributed by atoms with E-state index in [4.69, 9.17) is 0 Å². The summed E-state index contributed by atoms with van der Waals surface area (Å²) in [6.45, 7) is 1.62. The molecule has 1 heterocycles. The first-order valence-corrected chi connectivity index (χ1v) is 10.5. The molecule has 3 aromatic rings. The lowest BCUT2D eigenvalue weighted by molar-refractivity contribution is 0.601. The van der Waals surface area contributed by atoms with Gasteiger partial charge in [-0.2, -0.15) is 0 Å². The van der Waals surface area contributed by atoms with Crippen LogP contribution in [0.4, 0.5) is 11.4 Å². The topological polar surface area (TPSA) is 61.4 Å². The number of halogens is 1. The maximum absolute atomic E-state index is 13.2. The molecule has 0 radical (unpaired) electrons. The van der Waals surface area contributed by atoms with Gasteiger partial charge in [-0.15, -0.1) is 12.4 Å². The summed E-state index contributed by atoms with van der Waals surface area (Å²) in [5, 5.41) is 4.97. The normalized spacial score (nSPS) is 13.5. The van der Waals surface area contributed by atoms with E-state index < -0.39 is 10.0 Å². The lowest BCUT2D eigenvalue weighted by Gasteiger charge is -2.21. The van der Waals surface area contributed by atoms with Gasteiger partial charge in [-0.1, -0.05) is 36.4 Å². The van der Waals surface area contributed by atoms with E-state index in [1.54, 1.807) is 12.1 Å². The van der Waals surface area contributed by atoms with Crippen molar-refractivity contribution in [1.82, 2.24) is 5.32 Å². The highest BCUT2D eigenvalue weighted by Crippen LogP contribution is 2.32. The quantitative estimate of drug-likeness (QED) is 0.678. The summed E-state index contributed by atoms with van der Waals surface area (Å²) in [4.78, 5) is 2.29. The standard InChI is InChI=1S/C21H23N3O2S.ClH/c1-24(2)20-10-4-8-18-17(20)7-5-11-21(18)27(25,26)23-19-9-3-6-15-14-22-13-12-16(15)19;/h3-11,22-23H,12-14H2,1-2H3;1H. The van der Waals surface area contributed by atoms with Crippen LogP contribution >= 0.6 is 12.4 Å². The molecule has 7 heteroatoms. The fraction of sp³-hybridized carbons (Fsp3) is 0.238. The van der Waals surface area contributed by atoms with E-state index in [1.807, 2.05) is 61.5 Å². The molecule has 0 aromatic heterocycles. The smallest absolute Gasteiger partial charge is 0.262 e. The molecule has 0 saturated heterocycles. The highest BCUT2D eigenvalue weighted by Gasteiger charge is 2.21. The average molecular weight is 418 g/mol. The first-order valence-electron chi connectivity index (χ1n) is 9.01. The third-order valence-electron chi connectivity index (χ3n) is 5.01. The second-order valence-corrected chi connectivity index (χ2v) is 8.65. The molecule has 0 fully saturated rings. The van der Waals surface area contributed by atoms with Crippen molar-refractivity contribution in [2.24, 2.45) is 0 Å². The van der Waals surface area contributed by atoms with Gasteiger partial charge in [0, 0.05) is 37.1 Å². The minimum atomic E-state index is -3.70. The van der Waals surface area contributed by atoms with Gasteiger partial charge in [0.15, 0.2) is 0 Å². The number of fused-ring (bicyclic) bond motifs is 2. The number of benzene rings is 3. The van der Waals surface area contributed by atoms with E-state index in [0.717, 1.165) is 47.1 Å². The molecule has 0 atom stereocenters. The minimum absolute atomic E-state index is 0. The van der Waals surface area contributed by atoms with E-state index in [2.05, 4.69) is 10.0 Å². The molecule has 148 valence electrons. The van der Waals surface area contributed by atoms with Gasteiger partial charge in [0.05, 0.1) is 10.6 Å². The zero-order valence-corrected chi connectivity index (χ0v) is 17.5. The SMILES string of the molecule is CN(C)c1cccc2c(S(=O)(=O)Nc3cccc4c3CCNC4)cccc12.Cl. The lowest BCUT2D eigenvalue weighted by atomic mass is 9.99. The van der Waals surface area contributed by atoms with Gasteiger partial charge in [-0.05, 0) is 42.3 Å². The van der Waals surface area contributed by atoms with Crippen molar-refractivity contribution in [1.29, 1.82) is 0 Å². The number of nitrogens with zero attached hydrogens (tertiary/aromatic N) is 1. The summed E-state index contributed by atoms with van der Waals surface area (Å²) in [6.07, 6.45) is 0.814. The second-order valence-electron chi connectivity index (χ2n) is 7.00. The molecule has 0 unspecified atom stereocenters. The van der Waals surface area contributed by atoms with Gasteiger partial charge in [0.25, 0.3) is 10.0 Å². The van der Waals surface area contributed by atoms with Gasteiger partial charge >= 0.3 is 0 Å². The van der Waals surface area contributed by atoms with E-state index in [-0.39, 0.29) is 12.4 Å². The predicted octanol–water partition coefficient (Wildman–Crippen LogP) is 3.77. The number of hydrogen-bond acceptors (Lipinski definition) is 4. The second kappa shape index (κ2) is 7.99. The van der Waals surface area contributed by atoms with E-state index >= 15 is 0 Å². The Bertz CT molecular complexity index is 1110. The van der Waals surface area contributed by atoms with Crippen LogP contribution in [0.2, 0.25) is 0 Å². The Balaban J connectivity index is 0.00000225. The van der Waals surface area contributed by atoms with Crippen LogP contribution < -0.4 is 14.9 Å². The van der Waals surface area contributed by atoms with Crippen molar-refractivity contribution in [3.8, 4) is 0 Å². The Hall–Kier alpha value is -2.28. The Morgan fingerprint density at radius 2 is 1.68 bits per heavy atom. The maximum atomic E-state index is 13.2. The maximum Gasteiger partial charge on any atom is 0.262 e. The molecule has 0 amide bonds. The molecule has 4 rings (SSSR count). The van der Waals surface area contributed by atoms with Gasteiger partial charge in [0.1, 0.15) is 0 Å². The van der Waals surface area contributed by atoms with Crippen molar-refractivity contribution in [3.63, 3.8) is 0 Å². The number of sulfonamides is 1. The van der Waals surface area contributed by atoms with Crippen LogP contribution in [-0.2, 0) is 23.0 Å². The first-order chi connectivity index (χ1) is 13.0.